The van der Waals surface area contributed by atoms with Gasteiger partial charge in [0.25, 0.3) is 0 Å². The van der Waals surface area contributed by atoms with Gasteiger partial charge in [-0.2, -0.15) is 13.2 Å². The van der Waals surface area contributed by atoms with Crippen LogP contribution >= 0.6 is 15.9 Å². The molecule has 0 aliphatic carbocycles. The number of esters is 1. The number of benzene rings is 1. The molecule has 0 aromatic heterocycles. The fourth-order valence-electron chi connectivity index (χ4n) is 1.67. The van der Waals surface area contributed by atoms with E-state index in [1.165, 1.54) is 24.3 Å². The van der Waals surface area contributed by atoms with Gasteiger partial charge < -0.3 is 4.74 Å². The van der Waals surface area contributed by atoms with Crippen LogP contribution in [-0.4, -0.2) is 23.7 Å². The Balaban J connectivity index is 3.08. The highest BCUT2D eigenvalue weighted by Gasteiger charge is 2.30. The Labute approximate surface area is 140 Å². The maximum Gasteiger partial charge on any atom is 0.416 e. The first-order chi connectivity index (χ1) is 10.8. The third kappa shape index (κ3) is 6.02. The summed E-state index contributed by atoms with van der Waals surface area (Å²) < 4.78 is 42.4. The van der Waals surface area contributed by atoms with Crippen LogP contribution in [0.4, 0.5) is 13.2 Å². The molecule has 0 saturated heterocycles. The molecule has 1 rings (SSSR count). The van der Waals surface area contributed by atoms with E-state index in [1.54, 1.807) is 6.92 Å². The predicted octanol–water partition coefficient (Wildman–Crippen LogP) is 4.17. The Bertz CT molecular complexity index is 616. The van der Waals surface area contributed by atoms with E-state index in [9.17, 15) is 22.8 Å². The Hall–Kier alpha value is -1.89. The highest BCUT2D eigenvalue weighted by Crippen LogP contribution is 2.30. The molecule has 3 nitrogen and oxygen atoms in total. The first-order valence-electron chi connectivity index (χ1n) is 6.61. The Morgan fingerprint density at radius 3 is 2.30 bits per heavy atom. The van der Waals surface area contributed by atoms with Crippen LogP contribution in [0.3, 0.4) is 0 Å². The molecular weight excluding hydrogens is 377 g/mol. The van der Waals surface area contributed by atoms with E-state index in [1.807, 2.05) is 0 Å². The van der Waals surface area contributed by atoms with Gasteiger partial charge in [-0.05, 0) is 24.6 Å². The summed E-state index contributed by atoms with van der Waals surface area (Å²) in [5, 5.41) is 0.00705. The largest absolute Gasteiger partial charge is 0.463 e. The molecule has 0 aliphatic rings. The number of alkyl halides is 4. The van der Waals surface area contributed by atoms with Crippen LogP contribution in [0, 0.1) is 0 Å². The molecule has 23 heavy (non-hydrogen) atoms. The van der Waals surface area contributed by atoms with E-state index in [4.69, 9.17) is 4.74 Å². The summed E-state index contributed by atoms with van der Waals surface area (Å²) in [6.45, 7) is 1.88. The molecule has 0 unspecified atom stereocenters. The molecule has 0 atom stereocenters. The average Bonchev–Trinajstić information content (AvgIpc) is 2.50. The number of ketones is 1. The lowest BCUT2D eigenvalue weighted by Crippen LogP contribution is -2.06. The first kappa shape index (κ1) is 19.2. The third-order valence-electron chi connectivity index (χ3n) is 2.73. The van der Waals surface area contributed by atoms with Gasteiger partial charge in [-0.3, -0.25) is 4.79 Å². The van der Waals surface area contributed by atoms with Crippen molar-refractivity contribution < 1.29 is 27.5 Å². The van der Waals surface area contributed by atoms with Gasteiger partial charge >= 0.3 is 12.1 Å². The smallest absolute Gasteiger partial charge is 0.416 e. The summed E-state index contributed by atoms with van der Waals surface area (Å²) >= 11 is 3.02. The number of rotatable bonds is 6. The van der Waals surface area contributed by atoms with Crippen molar-refractivity contribution >= 4 is 33.3 Å². The Morgan fingerprint density at radius 2 is 1.83 bits per heavy atom. The highest BCUT2D eigenvalue weighted by molar-refractivity contribution is 9.09. The molecule has 124 valence electrons. The zero-order chi connectivity index (χ0) is 17.5. The second-order valence-corrected chi connectivity index (χ2v) is 4.88. The maximum absolute atomic E-state index is 12.6. The zero-order valence-electron chi connectivity index (χ0n) is 12.2. The van der Waals surface area contributed by atoms with Gasteiger partial charge in [0.15, 0.2) is 5.78 Å². The molecule has 0 amide bonds. The van der Waals surface area contributed by atoms with Gasteiger partial charge in [0.1, 0.15) is 0 Å². The number of carbonyl (C=O) groups excluding carboxylic acids is 2. The lowest BCUT2D eigenvalue weighted by Gasteiger charge is -2.09. The fraction of sp³-hybridized carbons (Fsp3) is 0.250. The van der Waals surface area contributed by atoms with Crippen molar-refractivity contribution in [2.45, 2.75) is 13.1 Å². The summed E-state index contributed by atoms with van der Waals surface area (Å²) in [6.07, 6.45) is -0.616. The SMILES string of the molecule is CCOC(=O)/C=C/C=C(\C(=O)CBr)c1ccc(C(F)(F)F)cc1. The first-order valence-corrected chi connectivity index (χ1v) is 7.73. The normalized spacial score (nSPS) is 12.5. The van der Waals surface area contributed by atoms with Crippen LogP contribution in [0.25, 0.3) is 5.57 Å². The summed E-state index contributed by atoms with van der Waals surface area (Å²) in [7, 11) is 0. The molecule has 0 radical (unpaired) electrons. The number of allylic oxidation sites excluding steroid dienone is 3. The zero-order valence-corrected chi connectivity index (χ0v) is 13.8. The van der Waals surface area contributed by atoms with E-state index >= 15 is 0 Å². The van der Waals surface area contributed by atoms with Gasteiger partial charge in [-0.25, -0.2) is 4.79 Å². The number of carbonyl (C=O) groups is 2. The molecular formula is C16H14BrF3O3. The molecule has 0 heterocycles. The van der Waals surface area contributed by atoms with Crippen molar-refractivity contribution in [1.29, 1.82) is 0 Å². The van der Waals surface area contributed by atoms with Crippen molar-refractivity contribution in [2.75, 3.05) is 11.9 Å². The van der Waals surface area contributed by atoms with E-state index < -0.39 is 17.7 Å². The number of Topliss-reactive ketones (excluding diaryl/α,β-unsaturated/α-hetero) is 1. The van der Waals surface area contributed by atoms with Crippen molar-refractivity contribution in [2.24, 2.45) is 0 Å². The Morgan fingerprint density at radius 1 is 1.22 bits per heavy atom. The maximum atomic E-state index is 12.6. The van der Waals surface area contributed by atoms with Gasteiger partial charge in [-0.15, -0.1) is 0 Å². The second-order valence-electron chi connectivity index (χ2n) is 4.32. The molecule has 0 spiro atoms. The van der Waals surface area contributed by atoms with E-state index in [0.29, 0.717) is 5.56 Å². The summed E-state index contributed by atoms with van der Waals surface area (Å²) in [5.74, 6) is -0.889. The number of ether oxygens (including phenoxy) is 1. The van der Waals surface area contributed by atoms with Crippen LogP contribution in [0.5, 0.6) is 0 Å². The van der Waals surface area contributed by atoms with Crippen LogP contribution in [0.1, 0.15) is 18.1 Å². The monoisotopic (exact) mass is 390 g/mol. The topological polar surface area (TPSA) is 43.4 Å². The fourth-order valence-corrected chi connectivity index (χ4v) is 1.98. The summed E-state index contributed by atoms with van der Waals surface area (Å²) in [5.41, 5.74) is -0.277. The van der Waals surface area contributed by atoms with Crippen LogP contribution in [-0.2, 0) is 20.5 Å². The van der Waals surface area contributed by atoms with E-state index in [0.717, 1.165) is 18.2 Å². The molecule has 0 aliphatic heterocycles. The molecule has 0 bridgehead atoms. The lowest BCUT2D eigenvalue weighted by atomic mass is 10.0. The van der Waals surface area contributed by atoms with E-state index in [-0.39, 0.29) is 23.3 Å². The molecule has 0 N–H and O–H groups in total. The summed E-state index contributed by atoms with van der Waals surface area (Å²) in [6, 6.07) is 4.24. The molecule has 1 aromatic rings. The third-order valence-corrected chi connectivity index (χ3v) is 3.24. The number of hydrogen-bond donors (Lipinski definition) is 0. The molecule has 1 aromatic carbocycles. The quantitative estimate of drug-likeness (QED) is 0.317. The van der Waals surface area contributed by atoms with Crippen molar-refractivity contribution in [3.8, 4) is 0 Å². The standard InChI is InChI=1S/C16H14BrF3O3/c1-2-23-15(22)5-3-4-13(14(21)10-17)11-6-8-12(9-7-11)16(18,19)20/h3-9H,2,10H2,1H3/b5-3+,13-4-. The number of halogens is 4. The Kier molecular flexibility index (Phi) is 7.22. The average molecular weight is 391 g/mol. The van der Waals surface area contributed by atoms with Gasteiger partial charge in [-0.1, -0.05) is 40.2 Å². The van der Waals surface area contributed by atoms with Crippen LogP contribution in [0.2, 0.25) is 0 Å². The van der Waals surface area contributed by atoms with Gasteiger partial charge in [0, 0.05) is 11.6 Å². The van der Waals surface area contributed by atoms with Crippen molar-refractivity contribution in [1.82, 2.24) is 0 Å². The predicted molar refractivity (Wildman–Crippen MR) is 84.0 cm³/mol. The van der Waals surface area contributed by atoms with Crippen molar-refractivity contribution in [3.05, 3.63) is 53.6 Å². The molecule has 7 heteroatoms. The van der Waals surface area contributed by atoms with Gasteiger partial charge in [0.05, 0.1) is 17.5 Å². The van der Waals surface area contributed by atoms with E-state index in [2.05, 4.69) is 15.9 Å². The molecule has 0 fully saturated rings. The van der Waals surface area contributed by atoms with Crippen LogP contribution < -0.4 is 0 Å². The number of hydrogen-bond acceptors (Lipinski definition) is 3. The minimum atomic E-state index is -4.44. The molecule has 0 saturated carbocycles. The minimum Gasteiger partial charge on any atom is -0.463 e. The van der Waals surface area contributed by atoms with Crippen molar-refractivity contribution in [3.63, 3.8) is 0 Å². The highest BCUT2D eigenvalue weighted by atomic mass is 79.9. The second kappa shape index (κ2) is 8.67. The summed E-state index contributed by atoms with van der Waals surface area (Å²) in [4.78, 5) is 23.1. The van der Waals surface area contributed by atoms with Crippen LogP contribution in [0.15, 0.2) is 42.5 Å². The minimum absolute atomic E-state index is 0.00705. The lowest BCUT2D eigenvalue weighted by molar-refractivity contribution is -0.138. The van der Waals surface area contributed by atoms with Gasteiger partial charge in [0.2, 0.25) is 0 Å².